The molecule has 2 amide bonds. The van der Waals surface area contributed by atoms with E-state index in [1.165, 1.54) is 0 Å². The number of nitrogens with zero attached hydrogens (tertiary/aromatic N) is 1. The first-order valence-electron chi connectivity index (χ1n) is 7.03. The lowest BCUT2D eigenvalue weighted by Gasteiger charge is -2.32. The van der Waals surface area contributed by atoms with Crippen LogP contribution in [0.2, 0.25) is 0 Å². The predicted octanol–water partition coefficient (Wildman–Crippen LogP) is 0.908. The standard InChI is InChI=1S/C15H21N3O2/c1-16-10-9-14(19)17-13-8-5-11-18(15(13)20)12-6-3-2-4-7-12/h2-4,6-7,13,16H,5,8-11H2,1H3,(H,17,19). The van der Waals surface area contributed by atoms with Gasteiger partial charge in [-0.05, 0) is 32.0 Å². The molecule has 0 radical (unpaired) electrons. The number of hydrogen-bond acceptors (Lipinski definition) is 3. The molecule has 108 valence electrons. The van der Waals surface area contributed by atoms with Crippen molar-refractivity contribution < 1.29 is 9.59 Å². The molecule has 1 aliphatic heterocycles. The van der Waals surface area contributed by atoms with Gasteiger partial charge in [0.25, 0.3) is 0 Å². The molecule has 1 saturated heterocycles. The monoisotopic (exact) mass is 275 g/mol. The highest BCUT2D eigenvalue weighted by atomic mass is 16.2. The number of anilines is 1. The number of para-hydroxylation sites is 1. The van der Waals surface area contributed by atoms with Crippen LogP contribution in [0.15, 0.2) is 30.3 Å². The van der Waals surface area contributed by atoms with E-state index in [-0.39, 0.29) is 11.8 Å². The van der Waals surface area contributed by atoms with Crippen LogP contribution < -0.4 is 15.5 Å². The molecule has 1 atom stereocenters. The van der Waals surface area contributed by atoms with Crippen LogP contribution in [0.1, 0.15) is 19.3 Å². The normalized spacial score (nSPS) is 18.9. The first kappa shape index (κ1) is 14.5. The molecular formula is C15H21N3O2. The summed E-state index contributed by atoms with van der Waals surface area (Å²) in [5.41, 5.74) is 0.895. The van der Waals surface area contributed by atoms with Crippen LogP contribution in [0.25, 0.3) is 0 Å². The van der Waals surface area contributed by atoms with Crippen LogP contribution in [0, 0.1) is 0 Å². The van der Waals surface area contributed by atoms with Crippen molar-refractivity contribution in [3.63, 3.8) is 0 Å². The maximum absolute atomic E-state index is 12.4. The molecular weight excluding hydrogens is 254 g/mol. The number of rotatable bonds is 5. The Bertz CT molecular complexity index is 461. The third-order valence-corrected chi connectivity index (χ3v) is 3.44. The molecule has 0 spiro atoms. The third kappa shape index (κ3) is 3.57. The Morgan fingerprint density at radius 3 is 2.80 bits per heavy atom. The maximum Gasteiger partial charge on any atom is 0.249 e. The summed E-state index contributed by atoms with van der Waals surface area (Å²) in [7, 11) is 1.80. The van der Waals surface area contributed by atoms with Gasteiger partial charge < -0.3 is 15.5 Å². The van der Waals surface area contributed by atoms with E-state index in [0.717, 1.165) is 12.1 Å². The summed E-state index contributed by atoms with van der Waals surface area (Å²) < 4.78 is 0. The Morgan fingerprint density at radius 2 is 2.10 bits per heavy atom. The highest BCUT2D eigenvalue weighted by Gasteiger charge is 2.30. The summed E-state index contributed by atoms with van der Waals surface area (Å²) >= 11 is 0. The highest BCUT2D eigenvalue weighted by molar-refractivity contribution is 5.99. The Kier molecular flexibility index (Phi) is 5.12. The minimum atomic E-state index is -0.395. The van der Waals surface area contributed by atoms with Crippen molar-refractivity contribution in [2.24, 2.45) is 0 Å². The van der Waals surface area contributed by atoms with Gasteiger partial charge in [0, 0.05) is 25.2 Å². The van der Waals surface area contributed by atoms with Crippen molar-refractivity contribution in [1.29, 1.82) is 0 Å². The highest BCUT2D eigenvalue weighted by Crippen LogP contribution is 2.20. The second-order valence-electron chi connectivity index (χ2n) is 4.94. The number of benzene rings is 1. The summed E-state index contributed by atoms with van der Waals surface area (Å²) in [4.78, 5) is 25.9. The molecule has 1 heterocycles. The van der Waals surface area contributed by atoms with E-state index in [1.807, 2.05) is 30.3 Å². The molecule has 1 aromatic carbocycles. The van der Waals surface area contributed by atoms with Gasteiger partial charge in [-0.3, -0.25) is 9.59 Å². The van der Waals surface area contributed by atoms with Crippen LogP contribution in [0.4, 0.5) is 5.69 Å². The van der Waals surface area contributed by atoms with Gasteiger partial charge in [0.1, 0.15) is 6.04 Å². The Balaban J connectivity index is 1.98. The van der Waals surface area contributed by atoms with E-state index in [0.29, 0.717) is 25.9 Å². The van der Waals surface area contributed by atoms with Gasteiger partial charge in [0.2, 0.25) is 11.8 Å². The van der Waals surface area contributed by atoms with Crippen molar-refractivity contribution in [1.82, 2.24) is 10.6 Å². The lowest BCUT2D eigenvalue weighted by molar-refractivity contribution is -0.128. The first-order valence-corrected chi connectivity index (χ1v) is 7.03. The molecule has 1 aliphatic rings. The third-order valence-electron chi connectivity index (χ3n) is 3.44. The van der Waals surface area contributed by atoms with E-state index < -0.39 is 6.04 Å². The second-order valence-corrected chi connectivity index (χ2v) is 4.94. The van der Waals surface area contributed by atoms with E-state index in [2.05, 4.69) is 10.6 Å². The van der Waals surface area contributed by atoms with Crippen molar-refractivity contribution in [3.05, 3.63) is 30.3 Å². The summed E-state index contributed by atoms with van der Waals surface area (Å²) in [5.74, 6) is -0.0899. The van der Waals surface area contributed by atoms with E-state index >= 15 is 0 Å². The Hall–Kier alpha value is -1.88. The van der Waals surface area contributed by atoms with E-state index in [1.54, 1.807) is 11.9 Å². The SMILES string of the molecule is CNCCC(=O)NC1CCCN(c2ccccc2)C1=O. The molecule has 0 aliphatic carbocycles. The van der Waals surface area contributed by atoms with Crippen LogP contribution in [0.3, 0.4) is 0 Å². The zero-order valence-electron chi connectivity index (χ0n) is 11.8. The van der Waals surface area contributed by atoms with E-state index in [9.17, 15) is 9.59 Å². The molecule has 2 rings (SSSR count). The number of hydrogen-bond donors (Lipinski definition) is 2. The fourth-order valence-corrected chi connectivity index (χ4v) is 2.38. The van der Waals surface area contributed by atoms with Crippen LogP contribution in [-0.4, -0.2) is 38.0 Å². The molecule has 1 fully saturated rings. The van der Waals surface area contributed by atoms with Crippen molar-refractivity contribution in [2.45, 2.75) is 25.3 Å². The Morgan fingerprint density at radius 1 is 1.35 bits per heavy atom. The number of nitrogens with one attached hydrogen (secondary N) is 2. The average molecular weight is 275 g/mol. The molecule has 5 nitrogen and oxygen atoms in total. The van der Waals surface area contributed by atoms with Crippen LogP contribution in [0.5, 0.6) is 0 Å². The minimum absolute atomic E-state index is 0.0137. The number of amides is 2. The molecule has 0 aromatic heterocycles. The topological polar surface area (TPSA) is 61.4 Å². The fraction of sp³-hybridized carbons (Fsp3) is 0.467. The molecule has 20 heavy (non-hydrogen) atoms. The average Bonchev–Trinajstić information content (AvgIpc) is 2.48. The van der Waals surface area contributed by atoms with Crippen molar-refractivity contribution in [2.75, 3.05) is 25.0 Å². The lowest BCUT2D eigenvalue weighted by atomic mass is 10.0. The molecule has 1 unspecified atom stereocenters. The first-order chi connectivity index (χ1) is 9.72. The predicted molar refractivity (Wildman–Crippen MR) is 78.5 cm³/mol. The molecule has 0 saturated carbocycles. The van der Waals surface area contributed by atoms with Gasteiger partial charge in [-0.15, -0.1) is 0 Å². The lowest BCUT2D eigenvalue weighted by Crippen LogP contribution is -2.52. The summed E-state index contributed by atoms with van der Waals surface area (Å²) in [5, 5.41) is 5.76. The second kappa shape index (κ2) is 7.05. The van der Waals surface area contributed by atoms with Crippen LogP contribution >= 0.6 is 0 Å². The van der Waals surface area contributed by atoms with Crippen molar-refractivity contribution >= 4 is 17.5 Å². The Labute approximate surface area is 119 Å². The molecule has 5 heteroatoms. The minimum Gasteiger partial charge on any atom is -0.344 e. The smallest absolute Gasteiger partial charge is 0.249 e. The summed E-state index contributed by atoms with van der Waals surface area (Å²) in [6.07, 6.45) is 2.01. The van der Waals surface area contributed by atoms with Gasteiger partial charge in [0.15, 0.2) is 0 Å². The fourth-order valence-electron chi connectivity index (χ4n) is 2.38. The van der Waals surface area contributed by atoms with Crippen molar-refractivity contribution in [3.8, 4) is 0 Å². The van der Waals surface area contributed by atoms with Gasteiger partial charge >= 0.3 is 0 Å². The number of piperidine rings is 1. The summed E-state index contributed by atoms with van der Waals surface area (Å²) in [6, 6.07) is 9.20. The largest absolute Gasteiger partial charge is 0.344 e. The zero-order valence-corrected chi connectivity index (χ0v) is 11.8. The number of carbonyl (C=O) groups is 2. The van der Waals surface area contributed by atoms with Gasteiger partial charge in [0.05, 0.1) is 0 Å². The molecule has 2 N–H and O–H groups in total. The zero-order chi connectivity index (χ0) is 14.4. The quantitative estimate of drug-likeness (QED) is 0.839. The van der Waals surface area contributed by atoms with Gasteiger partial charge in [-0.2, -0.15) is 0 Å². The van der Waals surface area contributed by atoms with Crippen LogP contribution in [-0.2, 0) is 9.59 Å². The molecule has 1 aromatic rings. The number of carbonyl (C=O) groups excluding carboxylic acids is 2. The van der Waals surface area contributed by atoms with E-state index in [4.69, 9.17) is 0 Å². The van der Waals surface area contributed by atoms with Gasteiger partial charge in [-0.1, -0.05) is 18.2 Å². The maximum atomic E-state index is 12.4. The summed E-state index contributed by atoms with van der Waals surface area (Å²) in [6.45, 7) is 1.33. The van der Waals surface area contributed by atoms with Gasteiger partial charge in [-0.25, -0.2) is 0 Å². The molecule has 0 bridgehead atoms.